The van der Waals surface area contributed by atoms with Crippen LogP contribution in [0.25, 0.3) is 0 Å². The Morgan fingerprint density at radius 3 is 2.53 bits per heavy atom. The molecule has 0 aliphatic carbocycles. The van der Waals surface area contributed by atoms with E-state index in [4.69, 9.17) is 23.2 Å². The third-order valence-electron chi connectivity index (χ3n) is 2.78. The molecule has 0 heterocycles. The number of amides is 1. The average Bonchev–Trinajstić information content (AvgIpc) is 2.40. The Morgan fingerprint density at radius 2 is 1.84 bits per heavy atom. The Kier molecular flexibility index (Phi) is 4.46. The highest BCUT2D eigenvalue weighted by molar-refractivity contribution is 6.31. The van der Waals surface area contributed by atoms with Gasteiger partial charge in [0, 0.05) is 29.2 Å². The van der Waals surface area contributed by atoms with Crippen molar-refractivity contribution < 1.29 is 4.79 Å². The van der Waals surface area contributed by atoms with Crippen molar-refractivity contribution in [3.05, 3.63) is 69.7 Å². The van der Waals surface area contributed by atoms with Gasteiger partial charge in [-0.25, -0.2) is 0 Å². The Balaban J connectivity index is 2.14. The highest BCUT2D eigenvalue weighted by atomic mass is 35.5. The molecule has 0 spiro atoms. The normalized spacial score (nSPS) is 10.3. The molecule has 0 N–H and O–H groups in total. The Morgan fingerprint density at radius 1 is 1.11 bits per heavy atom. The number of benzene rings is 2. The van der Waals surface area contributed by atoms with E-state index in [1.807, 2.05) is 24.3 Å². The predicted octanol–water partition coefficient (Wildman–Crippen LogP) is 4.27. The molecule has 2 nitrogen and oxygen atoms in total. The molecular formula is C15H13Cl2NO. The summed E-state index contributed by atoms with van der Waals surface area (Å²) in [6, 6.07) is 14.4. The van der Waals surface area contributed by atoms with E-state index in [-0.39, 0.29) is 5.91 Å². The van der Waals surface area contributed by atoms with Crippen LogP contribution in [0.3, 0.4) is 0 Å². The topological polar surface area (TPSA) is 20.3 Å². The van der Waals surface area contributed by atoms with Gasteiger partial charge in [-0.2, -0.15) is 0 Å². The molecule has 0 atom stereocenters. The summed E-state index contributed by atoms with van der Waals surface area (Å²) in [6.07, 6.45) is 0. The second kappa shape index (κ2) is 6.09. The van der Waals surface area contributed by atoms with E-state index in [9.17, 15) is 4.79 Å². The summed E-state index contributed by atoms with van der Waals surface area (Å²) in [6.45, 7) is 0.463. The molecule has 0 bridgehead atoms. The van der Waals surface area contributed by atoms with Gasteiger partial charge in [-0.05, 0) is 29.8 Å². The number of rotatable bonds is 3. The monoisotopic (exact) mass is 293 g/mol. The number of hydrogen-bond donors (Lipinski definition) is 0. The number of carbonyl (C=O) groups is 1. The van der Waals surface area contributed by atoms with Crippen LogP contribution in [0.15, 0.2) is 48.5 Å². The quantitative estimate of drug-likeness (QED) is 0.828. The van der Waals surface area contributed by atoms with E-state index in [1.54, 1.807) is 36.2 Å². The van der Waals surface area contributed by atoms with Crippen LogP contribution in [0.1, 0.15) is 15.9 Å². The summed E-state index contributed by atoms with van der Waals surface area (Å²) in [5, 5.41) is 1.21. The average molecular weight is 294 g/mol. The maximum atomic E-state index is 12.2. The molecule has 0 saturated carbocycles. The Labute approximate surface area is 122 Å². The van der Waals surface area contributed by atoms with Crippen LogP contribution in [-0.2, 0) is 6.54 Å². The van der Waals surface area contributed by atoms with Crippen LogP contribution in [0.2, 0.25) is 10.0 Å². The molecule has 0 saturated heterocycles. The molecule has 4 heteroatoms. The number of hydrogen-bond acceptors (Lipinski definition) is 1. The van der Waals surface area contributed by atoms with E-state index in [0.717, 1.165) is 5.56 Å². The fraction of sp³-hybridized carbons (Fsp3) is 0.133. The molecule has 0 radical (unpaired) electrons. The molecule has 1 amide bonds. The highest BCUT2D eigenvalue weighted by Gasteiger charge is 2.13. The molecular weight excluding hydrogens is 281 g/mol. The zero-order valence-electron chi connectivity index (χ0n) is 10.4. The van der Waals surface area contributed by atoms with Gasteiger partial charge in [-0.3, -0.25) is 4.79 Å². The molecule has 19 heavy (non-hydrogen) atoms. The fourth-order valence-corrected chi connectivity index (χ4v) is 2.18. The SMILES string of the molecule is CN(Cc1ccccc1Cl)C(=O)c1cccc(Cl)c1. The Bertz CT molecular complexity index is 598. The van der Waals surface area contributed by atoms with Gasteiger partial charge in [-0.1, -0.05) is 47.5 Å². The van der Waals surface area contributed by atoms with E-state index in [0.29, 0.717) is 22.2 Å². The van der Waals surface area contributed by atoms with E-state index in [1.165, 1.54) is 0 Å². The van der Waals surface area contributed by atoms with Crippen LogP contribution >= 0.6 is 23.2 Å². The summed E-state index contributed by atoms with van der Waals surface area (Å²) >= 11 is 12.0. The van der Waals surface area contributed by atoms with Gasteiger partial charge in [0.15, 0.2) is 0 Å². The van der Waals surface area contributed by atoms with Crippen molar-refractivity contribution in [3.8, 4) is 0 Å². The van der Waals surface area contributed by atoms with E-state index in [2.05, 4.69) is 0 Å². The lowest BCUT2D eigenvalue weighted by molar-refractivity contribution is 0.0785. The summed E-state index contributed by atoms with van der Waals surface area (Å²) in [5.41, 5.74) is 1.49. The molecule has 0 aliphatic rings. The van der Waals surface area contributed by atoms with Crippen LogP contribution in [0, 0.1) is 0 Å². The van der Waals surface area contributed by atoms with E-state index >= 15 is 0 Å². The lowest BCUT2D eigenvalue weighted by Gasteiger charge is -2.18. The number of halogens is 2. The van der Waals surface area contributed by atoms with Crippen molar-refractivity contribution in [2.45, 2.75) is 6.54 Å². The van der Waals surface area contributed by atoms with Crippen LogP contribution in [0.4, 0.5) is 0 Å². The first-order chi connectivity index (χ1) is 9.08. The Hall–Kier alpha value is -1.51. The summed E-state index contributed by atoms with van der Waals surface area (Å²) < 4.78 is 0. The summed E-state index contributed by atoms with van der Waals surface area (Å²) in [5.74, 6) is -0.0811. The van der Waals surface area contributed by atoms with Gasteiger partial charge in [-0.15, -0.1) is 0 Å². The maximum Gasteiger partial charge on any atom is 0.253 e. The van der Waals surface area contributed by atoms with Gasteiger partial charge < -0.3 is 4.90 Å². The predicted molar refractivity (Wildman–Crippen MR) is 78.7 cm³/mol. The molecule has 98 valence electrons. The van der Waals surface area contributed by atoms with Gasteiger partial charge in [0.2, 0.25) is 0 Å². The first-order valence-corrected chi connectivity index (χ1v) is 6.58. The van der Waals surface area contributed by atoms with Crippen molar-refractivity contribution in [2.24, 2.45) is 0 Å². The molecule has 2 aromatic rings. The lowest BCUT2D eigenvalue weighted by Crippen LogP contribution is -2.26. The first kappa shape index (κ1) is 13.9. The third-order valence-corrected chi connectivity index (χ3v) is 3.39. The minimum absolute atomic E-state index is 0.0811. The van der Waals surface area contributed by atoms with Crippen molar-refractivity contribution in [3.63, 3.8) is 0 Å². The van der Waals surface area contributed by atoms with Gasteiger partial charge in [0.1, 0.15) is 0 Å². The molecule has 0 unspecified atom stereocenters. The lowest BCUT2D eigenvalue weighted by atomic mass is 10.1. The third kappa shape index (κ3) is 3.49. The zero-order valence-corrected chi connectivity index (χ0v) is 11.9. The van der Waals surface area contributed by atoms with Gasteiger partial charge in [0.05, 0.1) is 0 Å². The van der Waals surface area contributed by atoms with Crippen molar-refractivity contribution in [2.75, 3.05) is 7.05 Å². The van der Waals surface area contributed by atoms with Crippen molar-refractivity contribution in [1.82, 2.24) is 4.90 Å². The highest BCUT2D eigenvalue weighted by Crippen LogP contribution is 2.18. The maximum absolute atomic E-state index is 12.2. The summed E-state index contributed by atoms with van der Waals surface area (Å²) in [4.78, 5) is 13.9. The zero-order chi connectivity index (χ0) is 13.8. The summed E-state index contributed by atoms with van der Waals surface area (Å²) in [7, 11) is 1.74. The van der Waals surface area contributed by atoms with Crippen LogP contribution in [0.5, 0.6) is 0 Å². The largest absolute Gasteiger partial charge is 0.337 e. The molecule has 0 aromatic heterocycles. The molecule has 0 fully saturated rings. The van der Waals surface area contributed by atoms with Crippen LogP contribution < -0.4 is 0 Å². The second-order valence-corrected chi connectivity index (χ2v) is 5.11. The van der Waals surface area contributed by atoms with Crippen molar-refractivity contribution in [1.29, 1.82) is 0 Å². The number of nitrogens with zero attached hydrogens (tertiary/aromatic N) is 1. The molecule has 2 aromatic carbocycles. The molecule has 0 aliphatic heterocycles. The minimum atomic E-state index is -0.0811. The van der Waals surface area contributed by atoms with E-state index < -0.39 is 0 Å². The standard InChI is InChI=1S/C15H13Cl2NO/c1-18(10-12-5-2-3-8-14(12)17)15(19)11-6-4-7-13(16)9-11/h2-9H,10H2,1H3. The van der Waals surface area contributed by atoms with Crippen molar-refractivity contribution >= 4 is 29.1 Å². The van der Waals surface area contributed by atoms with Gasteiger partial charge >= 0.3 is 0 Å². The first-order valence-electron chi connectivity index (χ1n) is 5.82. The second-order valence-electron chi connectivity index (χ2n) is 4.26. The molecule has 2 rings (SSSR count). The minimum Gasteiger partial charge on any atom is -0.337 e. The number of carbonyl (C=O) groups excluding carboxylic acids is 1. The fourth-order valence-electron chi connectivity index (χ4n) is 1.80. The van der Waals surface area contributed by atoms with Crippen LogP contribution in [-0.4, -0.2) is 17.9 Å². The smallest absolute Gasteiger partial charge is 0.253 e. The van der Waals surface area contributed by atoms with Gasteiger partial charge in [0.25, 0.3) is 5.91 Å².